The molecule has 2 rings (SSSR count). The minimum Gasteiger partial charge on any atom is -0.369 e. The highest BCUT2D eigenvalue weighted by molar-refractivity contribution is 6.30. The van der Waals surface area contributed by atoms with E-state index in [9.17, 15) is 4.79 Å². The zero-order valence-corrected chi connectivity index (χ0v) is 14.7. The van der Waals surface area contributed by atoms with Crippen molar-refractivity contribution in [1.29, 1.82) is 0 Å². The maximum Gasteiger partial charge on any atom is 0.240 e. The molecule has 1 aliphatic heterocycles. The van der Waals surface area contributed by atoms with Crippen LogP contribution in [-0.2, 0) is 4.79 Å². The van der Waals surface area contributed by atoms with Crippen LogP contribution in [0.15, 0.2) is 24.3 Å². The number of amides is 1. The van der Waals surface area contributed by atoms with Crippen molar-refractivity contribution in [2.75, 3.05) is 18.0 Å². The molecule has 3 N–H and O–H groups in total. The summed E-state index contributed by atoms with van der Waals surface area (Å²) in [6, 6.07) is 7.96. The Morgan fingerprint density at radius 1 is 1.55 bits per heavy atom. The van der Waals surface area contributed by atoms with E-state index in [1.165, 1.54) is 0 Å². The number of nitrogens with one attached hydrogen (secondary N) is 1. The molecule has 2 unspecified atom stereocenters. The maximum absolute atomic E-state index is 12.2. The minimum absolute atomic E-state index is 0. The Bertz CT molecular complexity index is 508. The van der Waals surface area contributed by atoms with Crippen molar-refractivity contribution in [2.24, 2.45) is 5.73 Å². The van der Waals surface area contributed by atoms with Crippen LogP contribution in [0.25, 0.3) is 0 Å². The molecule has 1 saturated heterocycles. The molecule has 4 nitrogen and oxygen atoms in total. The summed E-state index contributed by atoms with van der Waals surface area (Å²) in [6.07, 6.45) is 2.53. The molecule has 1 aromatic rings. The Kier molecular flexibility index (Phi) is 6.98. The molecule has 6 heteroatoms. The van der Waals surface area contributed by atoms with Crippen LogP contribution < -0.4 is 16.0 Å². The van der Waals surface area contributed by atoms with E-state index in [1.807, 2.05) is 31.2 Å². The first-order valence-electron chi connectivity index (χ1n) is 7.53. The predicted octanol–water partition coefficient (Wildman–Crippen LogP) is 2.97. The van der Waals surface area contributed by atoms with E-state index in [1.54, 1.807) is 6.92 Å². The third-order valence-electron chi connectivity index (χ3n) is 3.98. The lowest BCUT2D eigenvalue weighted by Gasteiger charge is -2.25. The van der Waals surface area contributed by atoms with Gasteiger partial charge in [-0.2, -0.15) is 0 Å². The van der Waals surface area contributed by atoms with Gasteiger partial charge in [0.2, 0.25) is 5.91 Å². The molecule has 0 spiro atoms. The molecule has 2 atom stereocenters. The van der Waals surface area contributed by atoms with Crippen molar-refractivity contribution < 1.29 is 4.79 Å². The molecule has 0 aromatic heterocycles. The highest BCUT2D eigenvalue weighted by atomic mass is 35.5. The van der Waals surface area contributed by atoms with E-state index in [0.29, 0.717) is 6.42 Å². The summed E-state index contributed by atoms with van der Waals surface area (Å²) < 4.78 is 0. The van der Waals surface area contributed by atoms with Gasteiger partial charge in [-0.25, -0.2) is 0 Å². The highest BCUT2D eigenvalue weighted by Crippen LogP contribution is 2.23. The van der Waals surface area contributed by atoms with E-state index < -0.39 is 5.54 Å². The third kappa shape index (κ3) is 4.77. The Hall–Kier alpha value is -0.970. The Morgan fingerprint density at radius 2 is 2.27 bits per heavy atom. The van der Waals surface area contributed by atoms with Gasteiger partial charge < -0.3 is 16.0 Å². The normalized spacial score (nSPS) is 20.2. The molecule has 1 heterocycles. The monoisotopic (exact) mass is 345 g/mol. The lowest BCUT2D eigenvalue weighted by molar-refractivity contribution is -0.126. The fourth-order valence-electron chi connectivity index (χ4n) is 2.77. The predicted molar refractivity (Wildman–Crippen MR) is 95.0 cm³/mol. The minimum atomic E-state index is -0.780. The molecule has 1 fully saturated rings. The largest absolute Gasteiger partial charge is 0.369 e. The fourth-order valence-corrected chi connectivity index (χ4v) is 2.95. The summed E-state index contributed by atoms with van der Waals surface area (Å²) in [4.78, 5) is 14.5. The van der Waals surface area contributed by atoms with E-state index in [0.717, 1.165) is 36.6 Å². The second kappa shape index (κ2) is 8.04. The van der Waals surface area contributed by atoms with Gasteiger partial charge in [0, 0.05) is 29.8 Å². The standard InChI is InChI=1S/C16H24ClN3O.ClH/c1-3-8-16(2,18)15(21)19-13-7-9-20(11-13)14-6-4-5-12(17)10-14;/h4-6,10,13H,3,7-9,11,18H2,1-2H3,(H,19,21);1H. The lowest BCUT2D eigenvalue weighted by atomic mass is 9.96. The van der Waals surface area contributed by atoms with Gasteiger partial charge in [0.1, 0.15) is 0 Å². The van der Waals surface area contributed by atoms with Gasteiger partial charge in [0.25, 0.3) is 0 Å². The number of anilines is 1. The Balaban J connectivity index is 0.00000242. The lowest BCUT2D eigenvalue weighted by Crippen LogP contribution is -2.54. The van der Waals surface area contributed by atoms with Gasteiger partial charge in [-0.15, -0.1) is 12.4 Å². The second-order valence-electron chi connectivity index (χ2n) is 6.05. The summed E-state index contributed by atoms with van der Waals surface area (Å²) in [6.45, 7) is 5.55. The van der Waals surface area contributed by atoms with E-state index in [4.69, 9.17) is 17.3 Å². The van der Waals surface area contributed by atoms with Crippen LogP contribution in [0.5, 0.6) is 0 Å². The van der Waals surface area contributed by atoms with E-state index in [2.05, 4.69) is 10.2 Å². The summed E-state index contributed by atoms with van der Waals surface area (Å²) in [5.41, 5.74) is 6.39. The molecule has 22 heavy (non-hydrogen) atoms. The molecular formula is C16H25Cl2N3O. The van der Waals surface area contributed by atoms with Crippen molar-refractivity contribution in [2.45, 2.75) is 44.7 Å². The van der Waals surface area contributed by atoms with Crippen LogP contribution in [-0.4, -0.2) is 30.6 Å². The molecular weight excluding hydrogens is 321 g/mol. The van der Waals surface area contributed by atoms with E-state index in [-0.39, 0.29) is 24.4 Å². The van der Waals surface area contributed by atoms with Crippen molar-refractivity contribution >= 4 is 35.6 Å². The first-order chi connectivity index (χ1) is 9.92. The number of benzene rings is 1. The number of rotatable bonds is 5. The number of halogens is 2. The Morgan fingerprint density at radius 3 is 2.91 bits per heavy atom. The molecule has 1 amide bonds. The van der Waals surface area contributed by atoms with Gasteiger partial charge in [-0.05, 0) is 38.0 Å². The zero-order valence-electron chi connectivity index (χ0n) is 13.1. The molecule has 0 bridgehead atoms. The quantitative estimate of drug-likeness (QED) is 0.862. The summed E-state index contributed by atoms with van der Waals surface area (Å²) in [5.74, 6) is -0.0534. The van der Waals surface area contributed by atoms with E-state index >= 15 is 0 Å². The Labute approximate surface area is 143 Å². The molecule has 0 radical (unpaired) electrons. The SMILES string of the molecule is CCCC(C)(N)C(=O)NC1CCN(c2cccc(Cl)c2)C1.Cl. The smallest absolute Gasteiger partial charge is 0.240 e. The highest BCUT2D eigenvalue weighted by Gasteiger charge is 2.31. The summed E-state index contributed by atoms with van der Waals surface area (Å²) in [5, 5.41) is 3.81. The maximum atomic E-state index is 12.2. The topological polar surface area (TPSA) is 58.4 Å². The fraction of sp³-hybridized carbons (Fsp3) is 0.562. The first kappa shape index (κ1) is 19.1. The van der Waals surface area contributed by atoms with Crippen LogP contribution in [0, 0.1) is 0 Å². The van der Waals surface area contributed by atoms with Crippen LogP contribution in [0.1, 0.15) is 33.1 Å². The number of carbonyl (C=O) groups excluding carboxylic acids is 1. The number of hydrogen-bond acceptors (Lipinski definition) is 3. The van der Waals surface area contributed by atoms with Gasteiger partial charge in [0.05, 0.1) is 5.54 Å². The molecule has 1 aliphatic rings. The van der Waals surface area contributed by atoms with Gasteiger partial charge in [0.15, 0.2) is 0 Å². The number of carbonyl (C=O) groups is 1. The zero-order chi connectivity index (χ0) is 15.5. The first-order valence-corrected chi connectivity index (χ1v) is 7.90. The number of nitrogens with two attached hydrogens (primary N) is 1. The second-order valence-corrected chi connectivity index (χ2v) is 6.49. The van der Waals surface area contributed by atoms with Gasteiger partial charge in [-0.1, -0.05) is 31.0 Å². The van der Waals surface area contributed by atoms with Crippen molar-refractivity contribution in [3.05, 3.63) is 29.3 Å². The van der Waals surface area contributed by atoms with Crippen molar-refractivity contribution in [3.63, 3.8) is 0 Å². The van der Waals surface area contributed by atoms with Gasteiger partial charge in [-0.3, -0.25) is 4.79 Å². The summed E-state index contributed by atoms with van der Waals surface area (Å²) in [7, 11) is 0. The molecule has 1 aromatic carbocycles. The molecule has 0 saturated carbocycles. The van der Waals surface area contributed by atoms with Crippen LogP contribution >= 0.6 is 24.0 Å². The van der Waals surface area contributed by atoms with Crippen LogP contribution in [0.3, 0.4) is 0 Å². The average molecular weight is 346 g/mol. The average Bonchev–Trinajstić information content (AvgIpc) is 2.87. The van der Waals surface area contributed by atoms with Gasteiger partial charge >= 0.3 is 0 Å². The number of hydrogen-bond donors (Lipinski definition) is 2. The van der Waals surface area contributed by atoms with Crippen molar-refractivity contribution in [1.82, 2.24) is 5.32 Å². The van der Waals surface area contributed by atoms with Crippen molar-refractivity contribution in [3.8, 4) is 0 Å². The molecule has 0 aliphatic carbocycles. The molecule has 124 valence electrons. The third-order valence-corrected chi connectivity index (χ3v) is 4.22. The summed E-state index contributed by atoms with van der Waals surface area (Å²) >= 11 is 6.03. The van der Waals surface area contributed by atoms with Crippen LogP contribution in [0.4, 0.5) is 5.69 Å². The van der Waals surface area contributed by atoms with Crippen LogP contribution in [0.2, 0.25) is 5.02 Å². The number of nitrogens with zero attached hydrogens (tertiary/aromatic N) is 1.